The second-order valence-electron chi connectivity index (χ2n) is 7.83. The first-order valence-electron chi connectivity index (χ1n) is 9.38. The van der Waals surface area contributed by atoms with Crippen molar-refractivity contribution < 1.29 is 13.5 Å². The van der Waals surface area contributed by atoms with Gasteiger partial charge in [0.15, 0.2) is 5.75 Å². The molecule has 7 heteroatoms. The predicted octanol–water partition coefficient (Wildman–Crippen LogP) is 7.05. The summed E-state index contributed by atoms with van der Waals surface area (Å²) in [6.45, 7) is 12.9. The predicted molar refractivity (Wildman–Crippen MR) is 112 cm³/mol. The van der Waals surface area contributed by atoms with Gasteiger partial charge in [-0.3, -0.25) is 0 Å². The summed E-state index contributed by atoms with van der Waals surface area (Å²) in [4.78, 5) is 1.09. The van der Waals surface area contributed by atoms with Crippen molar-refractivity contribution in [2.45, 2.75) is 76.6 Å². The fourth-order valence-electron chi connectivity index (χ4n) is 4.04. The number of halogens is 2. The maximum absolute atomic E-state index is 12.9. The molecule has 150 valence electrons. The van der Waals surface area contributed by atoms with Gasteiger partial charge in [-0.1, -0.05) is 41.5 Å². The molecule has 27 heavy (non-hydrogen) atoms. The quantitative estimate of drug-likeness (QED) is 0.435. The number of rotatable bonds is 8. The summed E-state index contributed by atoms with van der Waals surface area (Å²) >= 11 is 1.96. The summed E-state index contributed by atoms with van der Waals surface area (Å²) in [5, 5.41) is 4.39. The van der Waals surface area contributed by atoms with E-state index in [1.165, 1.54) is 0 Å². The Morgan fingerprint density at radius 1 is 1.00 bits per heavy atom. The van der Waals surface area contributed by atoms with Gasteiger partial charge in [-0.15, -0.1) is 0 Å². The van der Waals surface area contributed by atoms with Crippen LogP contribution in [0.2, 0.25) is 16.6 Å². The maximum Gasteiger partial charge on any atom is 0.387 e. The van der Waals surface area contributed by atoms with E-state index in [1.807, 2.05) is 36.3 Å². The fraction of sp³-hybridized carbons (Fsp3) is 0.550. The van der Waals surface area contributed by atoms with Gasteiger partial charge in [-0.25, -0.2) is 4.68 Å². The highest BCUT2D eigenvalue weighted by Crippen LogP contribution is 2.52. The normalized spacial score (nSPS) is 12.6. The van der Waals surface area contributed by atoms with Crippen LogP contribution in [0, 0.1) is 6.92 Å². The molecule has 0 saturated heterocycles. The van der Waals surface area contributed by atoms with Crippen LogP contribution in [0.4, 0.5) is 8.78 Å². The summed E-state index contributed by atoms with van der Waals surface area (Å²) in [5.41, 5.74) is 3.15. The van der Waals surface area contributed by atoms with Crippen LogP contribution in [0.25, 0.3) is 5.69 Å². The smallest absolute Gasteiger partial charge is 0.387 e. The van der Waals surface area contributed by atoms with Crippen molar-refractivity contribution in [2.24, 2.45) is 0 Å². The molecule has 0 saturated carbocycles. The zero-order valence-corrected chi connectivity index (χ0v) is 19.0. The molecule has 0 unspecified atom stereocenters. The summed E-state index contributed by atoms with van der Waals surface area (Å²) in [5.74, 6) is 0.142. The number of aromatic nitrogens is 2. The number of hydrogen-bond acceptors (Lipinski definition) is 3. The Bertz CT molecular complexity index is 740. The van der Waals surface area contributed by atoms with E-state index in [0.717, 1.165) is 10.6 Å². The molecular weight excluding hydrogens is 382 g/mol. The van der Waals surface area contributed by atoms with E-state index in [0.29, 0.717) is 22.3 Å². The lowest BCUT2D eigenvalue weighted by molar-refractivity contribution is -0.0499. The second-order valence-corrected chi connectivity index (χ2v) is 16.4. The third-order valence-corrected chi connectivity index (χ3v) is 17.4. The van der Waals surface area contributed by atoms with Gasteiger partial charge in [0.25, 0.3) is 0 Å². The summed E-state index contributed by atoms with van der Waals surface area (Å²) in [6.07, 6.45) is 1.77. The first-order chi connectivity index (χ1) is 12.6. The molecule has 2 rings (SSSR count). The molecule has 0 aliphatic heterocycles. The van der Waals surface area contributed by atoms with Gasteiger partial charge in [0, 0.05) is 11.1 Å². The van der Waals surface area contributed by atoms with Crippen LogP contribution in [0.3, 0.4) is 0 Å². The molecule has 0 aliphatic carbocycles. The molecule has 0 fully saturated rings. The van der Waals surface area contributed by atoms with E-state index in [2.05, 4.69) is 46.6 Å². The average Bonchev–Trinajstić information content (AvgIpc) is 2.98. The summed E-state index contributed by atoms with van der Waals surface area (Å²) in [6, 6.07) is 7.32. The zero-order chi connectivity index (χ0) is 20.4. The van der Waals surface area contributed by atoms with Crippen molar-refractivity contribution in [1.29, 1.82) is 0 Å². The molecule has 2 aromatic rings. The van der Waals surface area contributed by atoms with Crippen LogP contribution < -0.4 is 4.74 Å². The third kappa shape index (κ3) is 4.74. The number of alkyl halides is 2. The Morgan fingerprint density at radius 2 is 1.59 bits per heavy atom. The van der Waals surface area contributed by atoms with Crippen LogP contribution in [0.15, 0.2) is 35.4 Å². The van der Waals surface area contributed by atoms with Gasteiger partial charge in [-0.2, -0.15) is 25.1 Å². The zero-order valence-electron chi connectivity index (χ0n) is 17.2. The highest BCUT2D eigenvalue weighted by atomic mass is 32.4. The first kappa shape index (κ1) is 22.0. The minimum absolute atomic E-state index is 0.142. The molecule has 1 heterocycles. The average molecular weight is 413 g/mol. The molecule has 0 spiro atoms. The van der Waals surface area contributed by atoms with Crippen molar-refractivity contribution >= 4 is 18.4 Å². The maximum atomic E-state index is 12.9. The molecule has 0 atom stereocenters. The minimum Gasteiger partial charge on any atom is -0.433 e. The molecule has 3 nitrogen and oxygen atoms in total. The Morgan fingerprint density at radius 3 is 2.04 bits per heavy atom. The van der Waals surface area contributed by atoms with Crippen molar-refractivity contribution in [2.75, 3.05) is 0 Å². The summed E-state index contributed by atoms with van der Waals surface area (Å²) < 4.78 is 32.1. The Balaban J connectivity index is 2.51. The number of ether oxygens (including phenoxy) is 1. The van der Waals surface area contributed by atoms with E-state index in [-0.39, 0.29) is 5.75 Å². The Kier molecular flexibility index (Phi) is 7.13. The Labute approximate surface area is 166 Å². The number of benzene rings is 1. The van der Waals surface area contributed by atoms with Gasteiger partial charge in [-0.05, 0) is 47.8 Å². The lowest BCUT2D eigenvalue weighted by Crippen LogP contribution is -2.40. The van der Waals surface area contributed by atoms with Crippen molar-refractivity contribution in [3.63, 3.8) is 0 Å². The minimum atomic E-state index is -2.87. The van der Waals surface area contributed by atoms with Crippen LogP contribution in [-0.4, -0.2) is 23.6 Å². The van der Waals surface area contributed by atoms with Crippen LogP contribution in [0.1, 0.15) is 47.2 Å². The van der Waals surface area contributed by atoms with Gasteiger partial charge in [0.05, 0.1) is 5.69 Å². The topological polar surface area (TPSA) is 27.1 Å². The number of nitrogens with zero attached hydrogens (tertiary/aromatic N) is 2. The van der Waals surface area contributed by atoms with E-state index in [4.69, 9.17) is 4.74 Å². The van der Waals surface area contributed by atoms with E-state index in [9.17, 15) is 8.78 Å². The molecule has 0 N–H and O–H groups in total. The van der Waals surface area contributed by atoms with Gasteiger partial charge < -0.3 is 4.74 Å². The van der Waals surface area contributed by atoms with Crippen LogP contribution in [-0.2, 0) is 0 Å². The highest BCUT2D eigenvalue weighted by Gasteiger charge is 2.44. The molecule has 1 aromatic carbocycles. The van der Waals surface area contributed by atoms with E-state index < -0.39 is 13.8 Å². The molecular formula is C20H30F2N2OSSi. The Hall–Kier alpha value is -1.34. The van der Waals surface area contributed by atoms with Gasteiger partial charge >= 0.3 is 6.61 Å². The number of aryl methyl sites for hydroxylation is 1. The van der Waals surface area contributed by atoms with Crippen molar-refractivity contribution in [3.05, 3.63) is 36.2 Å². The van der Waals surface area contributed by atoms with E-state index >= 15 is 0 Å². The third-order valence-electron chi connectivity index (χ3n) is 5.12. The molecule has 0 bridgehead atoms. The molecule has 0 aliphatic rings. The van der Waals surface area contributed by atoms with Crippen molar-refractivity contribution in [3.8, 4) is 11.4 Å². The standard InChI is InChI=1S/C20H30F2N2OSSi/c1-13(2)27(14(3)4,15(5)6)26-17-8-9-19(25-20(21)22)18(12-17)24-11-10-16(7)23-24/h8-15,20H,1-7H3. The number of hydrogen-bond donors (Lipinski definition) is 0. The monoisotopic (exact) mass is 412 g/mol. The van der Waals surface area contributed by atoms with E-state index in [1.54, 1.807) is 16.9 Å². The lowest BCUT2D eigenvalue weighted by atomic mass is 10.3. The molecule has 0 amide bonds. The first-order valence-corrected chi connectivity index (χ1v) is 13.2. The molecule has 0 radical (unpaired) electrons. The SMILES string of the molecule is Cc1ccn(-c2cc(S[Si](C(C)C)(C(C)C)C(C)C)ccc2OC(F)F)n1. The molecule has 1 aromatic heterocycles. The summed E-state index contributed by atoms with van der Waals surface area (Å²) in [7, 11) is -1.74. The fourth-order valence-corrected chi connectivity index (χ4v) is 13.2. The highest BCUT2D eigenvalue weighted by molar-refractivity contribution is 8.29. The lowest BCUT2D eigenvalue weighted by Gasteiger charge is -2.42. The van der Waals surface area contributed by atoms with Crippen molar-refractivity contribution in [1.82, 2.24) is 9.78 Å². The van der Waals surface area contributed by atoms with Crippen LogP contribution in [0.5, 0.6) is 5.75 Å². The van der Waals surface area contributed by atoms with Crippen LogP contribution >= 0.6 is 11.2 Å². The second kappa shape index (κ2) is 8.77. The largest absolute Gasteiger partial charge is 0.433 e. The van der Waals surface area contributed by atoms with Gasteiger partial charge in [0.2, 0.25) is 0 Å². The van der Waals surface area contributed by atoms with Gasteiger partial charge in [0.1, 0.15) is 12.9 Å².